The smallest absolute Gasteiger partial charge is 0.201 e. The van der Waals surface area contributed by atoms with Crippen LogP contribution in [0.2, 0.25) is 5.02 Å². The summed E-state index contributed by atoms with van der Waals surface area (Å²) in [6, 6.07) is 13.2. The fourth-order valence-electron chi connectivity index (χ4n) is 2.85. The van der Waals surface area contributed by atoms with Crippen LogP contribution < -0.4 is 5.73 Å². The Bertz CT molecular complexity index is 832. The molecule has 0 aliphatic rings. The maximum Gasteiger partial charge on any atom is 0.201 e. The largest absolute Gasteiger partial charge is 0.369 e. The minimum atomic E-state index is -0.452. The molecular formula is C18H20ClFN4. The number of hydrogen-bond donors (Lipinski definition) is 1. The molecule has 0 saturated heterocycles. The first-order chi connectivity index (χ1) is 11.5. The Hall–Kier alpha value is -2.11. The number of nitrogen functional groups attached to an aromatic ring is 1. The number of halogens is 2. The number of rotatable bonds is 6. The lowest BCUT2D eigenvalue weighted by atomic mass is 10.2. The van der Waals surface area contributed by atoms with E-state index in [1.165, 1.54) is 17.7 Å². The van der Waals surface area contributed by atoms with E-state index >= 15 is 0 Å². The number of imidazole rings is 1. The first-order valence-electron chi connectivity index (χ1n) is 7.88. The summed E-state index contributed by atoms with van der Waals surface area (Å²) in [7, 11) is 2.09. The number of benzene rings is 2. The van der Waals surface area contributed by atoms with Gasteiger partial charge >= 0.3 is 0 Å². The Labute approximate surface area is 145 Å². The molecule has 0 bridgehead atoms. The zero-order valence-corrected chi connectivity index (χ0v) is 14.3. The van der Waals surface area contributed by atoms with Crippen molar-refractivity contribution in [1.82, 2.24) is 14.5 Å². The average Bonchev–Trinajstić information content (AvgIpc) is 2.84. The summed E-state index contributed by atoms with van der Waals surface area (Å²) in [6.45, 7) is 2.48. The Balaban J connectivity index is 1.63. The fourth-order valence-corrected chi connectivity index (χ4v) is 3.00. The normalized spacial score (nSPS) is 11.5. The van der Waals surface area contributed by atoms with Crippen molar-refractivity contribution >= 4 is 28.6 Å². The van der Waals surface area contributed by atoms with Crippen LogP contribution in [0.15, 0.2) is 42.5 Å². The second-order valence-electron chi connectivity index (χ2n) is 5.95. The zero-order chi connectivity index (χ0) is 17.1. The van der Waals surface area contributed by atoms with Gasteiger partial charge in [-0.1, -0.05) is 41.9 Å². The van der Waals surface area contributed by atoms with Crippen molar-refractivity contribution in [3.63, 3.8) is 0 Å². The van der Waals surface area contributed by atoms with E-state index in [4.69, 9.17) is 17.3 Å². The van der Waals surface area contributed by atoms with Crippen LogP contribution in [-0.4, -0.2) is 28.0 Å². The lowest BCUT2D eigenvalue weighted by Gasteiger charge is -2.17. The molecule has 1 heterocycles. The number of hydrogen-bond acceptors (Lipinski definition) is 3. The molecule has 0 amide bonds. The molecule has 0 fully saturated rings. The molecule has 2 aromatic carbocycles. The van der Waals surface area contributed by atoms with E-state index in [1.54, 1.807) is 0 Å². The van der Waals surface area contributed by atoms with Crippen LogP contribution in [0.3, 0.4) is 0 Å². The van der Waals surface area contributed by atoms with Gasteiger partial charge < -0.3 is 15.2 Å². The Morgan fingerprint density at radius 2 is 2.00 bits per heavy atom. The third-order valence-electron chi connectivity index (χ3n) is 4.04. The molecule has 0 saturated carbocycles. The molecule has 4 nitrogen and oxygen atoms in total. The second kappa shape index (κ2) is 7.20. The van der Waals surface area contributed by atoms with Crippen LogP contribution in [-0.2, 0) is 13.1 Å². The molecule has 126 valence electrons. The summed E-state index contributed by atoms with van der Waals surface area (Å²) in [5.41, 5.74) is 8.55. The topological polar surface area (TPSA) is 47.1 Å². The standard InChI is InChI=1S/C18H20ClFN4/c1-23(12-13-6-3-2-4-7-13)8-5-9-24-17-11-15(20)14(19)10-16(17)22-18(24)21/h2-4,6-7,10-11H,5,8-9,12H2,1H3,(H2,21,22). The van der Waals surface area contributed by atoms with E-state index in [1.807, 2.05) is 22.8 Å². The van der Waals surface area contributed by atoms with Crippen molar-refractivity contribution in [2.24, 2.45) is 0 Å². The highest BCUT2D eigenvalue weighted by Crippen LogP contribution is 2.24. The van der Waals surface area contributed by atoms with E-state index in [-0.39, 0.29) is 5.02 Å². The molecule has 2 N–H and O–H groups in total. The lowest BCUT2D eigenvalue weighted by Crippen LogP contribution is -2.20. The third-order valence-corrected chi connectivity index (χ3v) is 4.33. The van der Waals surface area contributed by atoms with Crippen LogP contribution in [0, 0.1) is 5.82 Å². The maximum atomic E-state index is 13.7. The van der Waals surface area contributed by atoms with Crippen LogP contribution >= 0.6 is 11.6 Å². The predicted molar refractivity (Wildman–Crippen MR) is 96.5 cm³/mol. The fraction of sp³-hybridized carbons (Fsp3) is 0.278. The Kier molecular flexibility index (Phi) is 5.02. The molecule has 0 aliphatic heterocycles. The van der Waals surface area contributed by atoms with Crippen molar-refractivity contribution in [3.8, 4) is 0 Å². The monoisotopic (exact) mass is 346 g/mol. The summed E-state index contributed by atoms with van der Waals surface area (Å²) in [5.74, 6) is -0.0658. The van der Waals surface area contributed by atoms with E-state index in [9.17, 15) is 4.39 Å². The summed E-state index contributed by atoms with van der Waals surface area (Å²) < 4.78 is 15.5. The summed E-state index contributed by atoms with van der Waals surface area (Å²) in [6.07, 6.45) is 0.892. The minimum absolute atomic E-state index is 0.0646. The van der Waals surface area contributed by atoms with Gasteiger partial charge in [0.25, 0.3) is 0 Å². The molecular weight excluding hydrogens is 327 g/mol. The Morgan fingerprint density at radius 3 is 2.75 bits per heavy atom. The first kappa shape index (κ1) is 16.7. The van der Waals surface area contributed by atoms with Gasteiger partial charge in [0.05, 0.1) is 16.1 Å². The van der Waals surface area contributed by atoms with Crippen LogP contribution in [0.1, 0.15) is 12.0 Å². The van der Waals surface area contributed by atoms with Crippen molar-refractivity contribution < 1.29 is 4.39 Å². The highest BCUT2D eigenvalue weighted by Gasteiger charge is 2.12. The van der Waals surface area contributed by atoms with E-state index in [2.05, 4.69) is 29.1 Å². The van der Waals surface area contributed by atoms with Gasteiger partial charge in [0.1, 0.15) is 5.82 Å². The molecule has 1 aromatic heterocycles. The number of anilines is 1. The zero-order valence-electron chi connectivity index (χ0n) is 13.5. The lowest BCUT2D eigenvalue weighted by molar-refractivity contribution is 0.315. The highest BCUT2D eigenvalue weighted by molar-refractivity contribution is 6.31. The molecule has 3 rings (SSSR count). The van der Waals surface area contributed by atoms with Crippen molar-refractivity contribution in [1.29, 1.82) is 0 Å². The molecule has 0 atom stereocenters. The molecule has 24 heavy (non-hydrogen) atoms. The van der Waals surface area contributed by atoms with Gasteiger partial charge in [0.2, 0.25) is 5.95 Å². The number of aryl methyl sites for hydroxylation is 1. The molecule has 0 unspecified atom stereocenters. The van der Waals surface area contributed by atoms with Gasteiger partial charge in [0.15, 0.2) is 0 Å². The Morgan fingerprint density at radius 1 is 1.25 bits per heavy atom. The SMILES string of the molecule is CN(CCCn1c(N)nc2cc(Cl)c(F)cc21)Cc1ccccc1. The number of aromatic nitrogens is 2. The highest BCUT2D eigenvalue weighted by atomic mass is 35.5. The molecule has 6 heteroatoms. The average molecular weight is 347 g/mol. The number of nitrogens with zero attached hydrogens (tertiary/aromatic N) is 3. The van der Waals surface area contributed by atoms with Gasteiger partial charge in [-0.25, -0.2) is 9.37 Å². The van der Waals surface area contributed by atoms with E-state index < -0.39 is 5.82 Å². The molecule has 3 aromatic rings. The second-order valence-corrected chi connectivity index (χ2v) is 6.36. The van der Waals surface area contributed by atoms with E-state index in [0.29, 0.717) is 23.5 Å². The van der Waals surface area contributed by atoms with Crippen LogP contribution in [0.4, 0.5) is 10.3 Å². The van der Waals surface area contributed by atoms with Gasteiger partial charge in [-0.2, -0.15) is 0 Å². The minimum Gasteiger partial charge on any atom is -0.369 e. The quantitative estimate of drug-likeness (QED) is 0.735. The summed E-state index contributed by atoms with van der Waals surface area (Å²) in [5, 5.41) is 0.0646. The number of nitrogens with two attached hydrogens (primary N) is 1. The van der Waals surface area contributed by atoms with Gasteiger partial charge in [-0.3, -0.25) is 0 Å². The van der Waals surface area contributed by atoms with Gasteiger partial charge in [0, 0.05) is 19.2 Å². The molecule has 0 aliphatic carbocycles. The molecule has 0 radical (unpaired) electrons. The summed E-state index contributed by atoms with van der Waals surface area (Å²) >= 11 is 5.80. The third kappa shape index (κ3) is 3.68. The van der Waals surface area contributed by atoms with Crippen molar-refractivity contribution in [2.75, 3.05) is 19.3 Å². The number of fused-ring (bicyclic) bond motifs is 1. The van der Waals surface area contributed by atoms with Gasteiger partial charge in [-0.15, -0.1) is 0 Å². The summed E-state index contributed by atoms with van der Waals surface area (Å²) in [4.78, 5) is 6.51. The van der Waals surface area contributed by atoms with E-state index in [0.717, 1.165) is 19.5 Å². The van der Waals surface area contributed by atoms with Crippen LogP contribution in [0.25, 0.3) is 11.0 Å². The maximum absolute atomic E-state index is 13.7. The predicted octanol–water partition coefficient (Wildman–Crippen LogP) is 3.93. The first-order valence-corrected chi connectivity index (χ1v) is 8.25. The van der Waals surface area contributed by atoms with Crippen LogP contribution in [0.5, 0.6) is 0 Å². The molecule has 0 spiro atoms. The van der Waals surface area contributed by atoms with Gasteiger partial charge in [-0.05, 0) is 31.6 Å². The van der Waals surface area contributed by atoms with Crippen molar-refractivity contribution in [3.05, 3.63) is 58.9 Å². The van der Waals surface area contributed by atoms with Crippen molar-refractivity contribution in [2.45, 2.75) is 19.5 Å².